The molecule has 2 aromatic carbocycles. The topological polar surface area (TPSA) is 98.3 Å². The number of amides is 1. The summed E-state index contributed by atoms with van der Waals surface area (Å²) in [7, 11) is -0.550. The van der Waals surface area contributed by atoms with Crippen molar-refractivity contribution in [2.75, 3.05) is 45.4 Å². The minimum absolute atomic E-state index is 0.0797. The van der Waals surface area contributed by atoms with Crippen LogP contribution >= 0.6 is 11.3 Å². The molecule has 1 amide bonds. The SMILES string of the molecule is COc1cccc2sc(N(CC3CCCO3)C(=O)c3ccc(S(=O)(=O)N(C)CC4CCCO4)cc3)nc12. The van der Waals surface area contributed by atoms with Gasteiger partial charge in [-0.05, 0) is 62.1 Å². The Morgan fingerprint density at radius 2 is 1.73 bits per heavy atom. The van der Waals surface area contributed by atoms with E-state index in [0.717, 1.165) is 30.4 Å². The van der Waals surface area contributed by atoms with Crippen molar-refractivity contribution in [1.29, 1.82) is 0 Å². The molecule has 0 aliphatic carbocycles. The Kier molecular flexibility index (Phi) is 7.77. The lowest BCUT2D eigenvalue weighted by molar-refractivity contribution is 0.0917. The van der Waals surface area contributed by atoms with Gasteiger partial charge in [-0.15, -0.1) is 0 Å². The molecule has 0 saturated carbocycles. The molecule has 11 heteroatoms. The molecule has 1 aromatic heterocycles. The minimum atomic E-state index is -3.70. The van der Waals surface area contributed by atoms with Gasteiger partial charge < -0.3 is 14.2 Å². The van der Waals surface area contributed by atoms with Gasteiger partial charge in [0.2, 0.25) is 10.0 Å². The molecule has 0 spiro atoms. The highest BCUT2D eigenvalue weighted by Gasteiger charge is 2.29. The fraction of sp³-hybridized carbons (Fsp3) is 0.462. The van der Waals surface area contributed by atoms with E-state index in [1.807, 2.05) is 18.2 Å². The van der Waals surface area contributed by atoms with Gasteiger partial charge in [0.1, 0.15) is 11.3 Å². The maximum atomic E-state index is 13.7. The Balaban J connectivity index is 1.40. The van der Waals surface area contributed by atoms with E-state index < -0.39 is 10.0 Å². The average Bonchev–Trinajstić information content (AvgIpc) is 3.69. The van der Waals surface area contributed by atoms with Crippen LogP contribution in [0, 0.1) is 0 Å². The quantitative estimate of drug-likeness (QED) is 0.402. The van der Waals surface area contributed by atoms with Crippen molar-refractivity contribution in [2.24, 2.45) is 0 Å². The van der Waals surface area contributed by atoms with Gasteiger partial charge in [-0.1, -0.05) is 17.4 Å². The molecule has 2 aliphatic heterocycles. The second-order valence-corrected chi connectivity index (χ2v) is 12.4. The van der Waals surface area contributed by atoms with Gasteiger partial charge in [0.05, 0.1) is 35.5 Å². The van der Waals surface area contributed by atoms with Crippen molar-refractivity contribution < 1.29 is 27.4 Å². The number of anilines is 1. The number of rotatable bonds is 9. The van der Waals surface area contributed by atoms with Gasteiger partial charge in [-0.25, -0.2) is 13.4 Å². The number of methoxy groups -OCH3 is 1. The first-order valence-corrected chi connectivity index (χ1v) is 14.7. The van der Waals surface area contributed by atoms with Crippen LogP contribution in [0.5, 0.6) is 5.75 Å². The van der Waals surface area contributed by atoms with E-state index in [9.17, 15) is 13.2 Å². The number of likely N-dealkylation sites (N-methyl/N-ethyl adjacent to an activating group) is 1. The van der Waals surface area contributed by atoms with E-state index in [0.29, 0.717) is 48.3 Å². The number of thiazole rings is 1. The molecule has 0 N–H and O–H groups in total. The molecule has 3 heterocycles. The number of fused-ring (bicyclic) bond motifs is 1. The van der Waals surface area contributed by atoms with E-state index in [4.69, 9.17) is 19.2 Å². The van der Waals surface area contributed by atoms with E-state index in [-0.39, 0.29) is 23.0 Å². The van der Waals surface area contributed by atoms with Crippen molar-refractivity contribution in [1.82, 2.24) is 9.29 Å². The molecule has 2 saturated heterocycles. The van der Waals surface area contributed by atoms with E-state index in [1.54, 1.807) is 31.2 Å². The standard InChI is InChI=1S/C26H31N3O6S2/c1-28(16-19-6-4-14-34-19)37(31,32)21-12-10-18(11-13-21)25(30)29(17-20-7-5-15-35-20)26-27-24-22(33-2)8-3-9-23(24)36-26/h3,8-13,19-20H,4-7,14-17H2,1-2H3. The lowest BCUT2D eigenvalue weighted by atomic mass is 10.2. The highest BCUT2D eigenvalue weighted by atomic mass is 32.2. The van der Waals surface area contributed by atoms with Crippen LogP contribution < -0.4 is 9.64 Å². The molecule has 2 atom stereocenters. The predicted octanol–water partition coefficient (Wildman–Crippen LogP) is 3.93. The summed E-state index contributed by atoms with van der Waals surface area (Å²) in [6.07, 6.45) is 3.45. The molecule has 2 fully saturated rings. The predicted molar refractivity (Wildman–Crippen MR) is 142 cm³/mol. The van der Waals surface area contributed by atoms with Crippen molar-refractivity contribution in [3.8, 4) is 5.75 Å². The van der Waals surface area contributed by atoms with Crippen LogP contribution in [0.2, 0.25) is 0 Å². The third-order valence-electron chi connectivity index (χ3n) is 6.77. The zero-order chi connectivity index (χ0) is 26.0. The second-order valence-electron chi connectivity index (χ2n) is 9.30. The first-order chi connectivity index (χ1) is 17.9. The number of hydrogen-bond acceptors (Lipinski definition) is 8. The lowest BCUT2D eigenvalue weighted by Gasteiger charge is -2.23. The monoisotopic (exact) mass is 545 g/mol. The average molecular weight is 546 g/mol. The number of benzene rings is 2. The van der Waals surface area contributed by atoms with Gasteiger partial charge in [-0.3, -0.25) is 9.69 Å². The minimum Gasteiger partial charge on any atom is -0.494 e. The first-order valence-electron chi connectivity index (χ1n) is 12.4. The lowest BCUT2D eigenvalue weighted by Crippen LogP contribution is -2.37. The summed E-state index contributed by atoms with van der Waals surface area (Å²) >= 11 is 1.41. The van der Waals surface area contributed by atoms with Crippen molar-refractivity contribution in [3.05, 3.63) is 48.0 Å². The van der Waals surface area contributed by atoms with Crippen LogP contribution in [0.25, 0.3) is 10.2 Å². The first kappa shape index (κ1) is 26.1. The molecule has 9 nitrogen and oxygen atoms in total. The Labute approximate surface area is 221 Å². The fourth-order valence-corrected chi connectivity index (χ4v) is 6.90. The molecule has 0 bridgehead atoms. The third kappa shape index (κ3) is 5.51. The van der Waals surface area contributed by atoms with E-state index in [2.05, 4.69) is 0 Å². The number of hydrogen-bond donors (Lipinski definition) is 0. The molecule has 2 unspecified atom stereocenters. The largest absolute Gasteiger partial charge is 0.494 e. The summed E-state index contributed by atoms with van der Waals surface area (Å²) in [5.74, 6) is 0.386. The summed E-state index contributed by atoms with van der Waals surface area (Å²) in [5.41, 5.74) is 1.08. The Morgan fingerprint density at radius 1 is 1.05 bits per heavy atom. The smallest absolute Gasteiger partial charge is 0.260 e. The van der Waals surface area contributed by atoms with Crippen molar-refractivity contribution in [2.45, 2.75) is 42.8 Å². The normalized spacial score (nSPS) is 20.1. The number of sulfonamides is 1. The summed E-state index contributed by atoms with van der Waals surface area (Å²) in [5, 5.41) is 0.549. The number of aromatic nitrogens is 1. The zero-order valence-electron chi connectivity index (χ0n) is 21.0. The summed E-state index contributed by atoms with van der Waals surface area (Å²) in [6.45, 7) is 2.01. The van der Waals surface area contributed by atoms with Gasteiger partial charge in [0, 0.05) is 32.4 Å². The van der Waals surface area contributed by atoms with Crippen molar-refractivity contribution in [3.63, 3.8) is 0 Å². The summed E-state index contributed by atoms with van der Waals surface area (Å²) in [6, 6.07) is 11.8. The maximum Gasteiger partial charge on any atom is 0.260 e. The molecule has 3 aromatic rings. The van der Waals surface area contributed by atoms with Crippen molar-refractivity contribution >= 4 is 42.6 Å². The summed E-state index contributed by atoms with van der Waals surface area (Å²) < 4.78 is 45.3. The van der Waals surface area contributed by atoms with Gasteiger partial charge in [-0.2, -0.15) is 4.31 Å². The molecular weight excluding hydrogens is 514 g/mol. The highest BCUT2D eigenvalue weighted by Crippen LogP contribution is 2.35. The van der Waals surface area contributed by atoms with Gasteiger partial charge in [0.25, 0.3) is 5.91 Å². The number of para-hydroxylation sites is 1. The van der Waals surface area contributed by atoms with Gasteiger partial charge in [0.15, 0.2) is 5.13 Å². The van der Waals surface area contributed by atoms with E-state index >= 15 is 0 Å². The van der Waals surface area contributed by atoms with Crippen LogP contribution in [0.1, 0.15) is 36.0 Å². The Hall–Kier alpha value is -2.57. The number of ether oxygens (including phenoxy) is 3. The van der Waals surface area contributed by atoms with Gasteiger partial charge >= 0.3 is 0 Å². The van der Waals surface area contributed by atoms with Crippen LogP contribution in [0.3, 0.4) is 0 Å². The Bertz CT molecular complexity index is 1350. The third-order valence-corrected chi connectivity index (χ3v) is 9.65. The molecular formula is C26H31N3O6S2. The van der Waals surface area contributed by atoms with Crippen LogP contribution in [0.15, 0.2) is 47.4 Å². The molecule has 0 radical (unpaired) electrons. The molecule has 37 heavy (non-hydrogen) atoms. The van der Waals surface area contributed by atoms with Crippen LogP contribution in [-0.4, -0.2) is 76.3 Å². The van der Waals surface area contributed by atoms with Crippen LogP contribution in [0.4, 0.5) is 5.13 Å². The fourth-order valence-electron chi connectivity index (χ4n) is 4.71. The van der Waals surface area contributed by atoms with Crippen LogP contribution in [-0.2, 0) is 19.5 Å². The number of carbonyl (C=O) groups excluding carboxylic acids is 1. The molecule has 5 rings (SSSR count). The molecule has 198 valence electrons. The highest BCUT2D eigenvalue weighted by molar-refractivity contribution is 7.89. The maximum absolute atomic E-state index is 13.7. The van der Waals surface area contributed by atoms with E-state index in [1.165, 1.54) is 27.8 Å². The zero-order valence-corrected chi connectivity index (χ0v) is 22.6. The number of nitrogens with zero attached hydrogens (tertiary/aromatic N) is 3. The summed E-state index contributed by atoms with van der Waals surface area (Å²) in [4.78, 5) is 20.2. The number of carbonyl (C=O) groups is 1. The Morgan fingerprint density at radius 3 is 2.35 bits per heavy atom. The second kappa shape index (κ2) is 11.0. The molecule has 2 aliphatic rings.